The van der Waals surface area contributed by atoms with Crippen molar-refractivity contribution in [2.45, 2.75) is 19.3 Å². The number of hydrogen-bond donors (Lipinski definition) is 3. The zero-order chi connectivity index (χ0) is 15.1. The summed E-state index contributed by atoms with van der Waals surface area (Å²) in [5, 5.41) is 5.53. The molecular weight excluding hydrogens is 270 g/mol. The number of hydrogen-bond acceptors (Lipinski definition) is 4. The highest BCUT2D eigenvalue weighted by Crippen LogP contribution is 2.28. The molecule has 0 bridgehead atoms. The van der Waals surface area contributed by atoms with E-state index in [1.54, 1.807) is 24.3 Å². The van der Waals surface area contributed by atoms with Gasteiger partial charge < -0.3 is 21.1 Å². The first-order chi connectivity index (χ1) is 10.1. The Balaban J connectivity index is 1.51. The second-order valence-corrected chi connectivity index (χ2v) is 5.08. The number of anilines is 1. The molecule has 0 aromatic heterocycles. The van der Waals surface area contributed by atoms with Crippen LogP contribution in [0.15, 0.2) is 24.3 Å². The molecule has 0 unspecified atom stereocenters. The van der Waals surface area contributed by atoms with Crippen LogP contribution in [0.25, 0.3) is 0 Å². The molecule has 0 aliphatic heterocycles. The van der Waals surface area contributed by atoms with Crippen molar-refractivity contribution in [3.8, 4) is 5.75 Å². The highest BCUT2D eigenvalue weighted by Gasteiger charge is 2.28. The van der Waals surface area contributed by atoms with Crippen molar-refractivity contribution < 1.29 is 14.3 Å². The van der Waals surface area contributed by atoms with Crippen molar-refractivity contribution in [2.75, 3.05) is 25.4 Å². The second-order valence-electron chi connectivity index (χ2n) is 5.08. The maximum Gasteiger partial charge on any atom is 0.223 e. The summed E-state index contributed by atoms with van der Waals surface area (Å²) in [7, 11) is 0. The number of nitrogens with two attached hydrogens (primary N) is 1. The molecular formula is C15H21N3O3. The molecule has 4 N–H and O–H groups in total. The van der Waals surface area contributed by atoms with E-state index in [9.17, 15) is 9.59 Å². The molecule has 1 saturated carbocycles. The van der Waals surface area contributed by atoms with Crippen LogP contribution >= 0.6 is 0 Å². The topological polar surface area (TPSA) is 93.4 Å². The van der Waals surface area contributed by atoms with Crippen LogP contribution in [0, 0.1) is 5.92 Å². The van der Waals surface area contributed by atoms with Crippen molar-refractivity contribution in [3.05, 3.63) is 24.3 Å². The number of rotatable bonds is 8. The molecule has 0 atom stereocenters. The monoisotopic (exact) mass is 291 g/mol. The molecule has 2 rings (SSSR count). The van der Waals surface area contributed by atoms with Crippen LogP contribution in [0.2, 0.25) is 0 Å². The molecule has 1 aromatic rings. The fourth-order valence-corrected chi connectivity index (χ4v) is 1.79. The van der Waals surface area contributed by atoms with Gasteiger partial charge in [-0.15, -0.1) is 0 Å². The lowest BCUT2D eigenvalue weighted by Crippen LogP contribution is -2.35. The quantitative estimate of drug-likeness (QED) is 0.485. The number of nitrogens with one attached hydrogen (secondary N) is 2. The van der Waals surface area contributed by atoms with Gasteiger partial charge in [-0.25, -0.2) is 0 Å². The van der Waals surface area contributed by atoms with E-state index in [1.807, 2.05) is 0 Å². The van der Waals surface area contributed by atoms with E-state index in [-0.39, 0.29) is 24.2 Å². The van der Waals surface area contributed by atoms with Gasteiger partial charge in [-0.05, 0) is 37.1 Å². The van der Waals surface area contributed by atoms with E-state index < -0.39 is 0 Å². The summed E-state index contributed by atoms with van der Waals surface area (Å²) in [6.07, 6.45) is 2.25. The number of nitrogen functional groups attached to an aromatic ring is 1. The van der Waals surface area contributed by atoms with Crippen molar-refractivity contribution in [1.82, 2.24) is 10.6 Å². The van der Waals surface area contributed by atoms with Crippen LogP contribution < -0.4 is 21.1 Å². The fraction of sp³-hybridized carbons (Fsp3) is 0.467. The Morgan fingerprint density at radius 1 is 1.14 bits per heavy atom. The summed E-state index contributed by atoms with van der Waals surface area (Å²) >= 11 is 0. The Hall–Kier alpha value is -2.24. The van der Waals surface area contributed by atoms with Crippen molar-refractivity contribution >= 4 is 17.5 Å². The van der Waals surface area contributed by atoms with Gasteiger partial charge in [0, 0.05) is 24.7 Å². The smallest absolute Gasteiger partial charge is 0.223 e. The molecule has 1 fully saturated rings. The van der Waals surface area contributed by atoms with Crippen LogP contribution in [0.1, 0.15) is 19.3 Å². The number of benzene rings is 1. The Kier molecular flexibility index (Phi) is 5.43. The predicted octanol–water partition coefficient (Wildman–Crippen LogP) is 0.680. The van der Waals surface area contributed by atoms with E-state index in [2.05, 4.69) is 10.6 Å². The first-order valence-electron chi connectivity index (χ1n) is 7.18. The maximum atomic E-state index is 11.6. The minimum Gasteiger partial charge on any atom is -0.493 e. The first-order valence-corrected chi connectivity index (χ1v) is 7.18. The normalized spacial score (nSPS) is 13.5. The molecule has 0 saturated heterocycles. The Bertz CT molecular complexity index is 483. The average Bonchev–Trinajstić information content (AvgIpc) is 3.30. The third-order valence-electron chi connectivity index (χ3n) is 3.17. The Labute approximate surface area is 124 Å². The van der Waals surface area contributed by atoms with Gasteiger partial charge in [0.05, 0.1) is 13.0 Å². The fourth-order valence-electron chi connectivity index (χ4n) is 1.79. The van der Waals surface area contributed by atoms with Crippen molar-refractivity contribution in [2.24, 2.45) is 5.92 Å². The molecule has 0 radical (unpaired) electrons. The zero-order valence-corrected chi connectivity index (χ0v) is 11.9. The van der Waals surface area contributed by atoms with Crippen LogP contribution in [0.3, 0.4) is 0 Å². The van der Waals surface area contributed by atoms with Crippen LogP contribution in [0.4, 0.5) is 5.69 Å². The number of ether oxygens (including phenoxy) is 1. The van der Waals surface area contributed by atoms with Gasteiger partial charge >= 0.3 is 0 Å². The van der Waals surface area contributed by atoms with Crippen molar-refractivity contribution in [3.63, 3.8) is 0 Å². The standard InChI is InChI=1S/C15H21N3O3/c16-12-3-5-13(6-4-12)21-10-7-14(19)17-8-9-18-15(20)11-1-2-11/h3-6,11H,1-2,7-10,16H2,(H,17,19)(H,18,20). The first kappa shape index (κ1) is 15.2. The number of amides is 2. The molecule has 1 aromatic carbocycles. The number of carbonyl (C=O) groups is 2. The summed E-state index contributed by atoms with van der Waals surface area (Å²) in [5.41, 5.74) is 6.24. The summed E-state index contributed by atoms with van der Waals surface area (Å²) in [5.74, 6) is 0.893. The average molecular weight is 291 g/mol. The molecule has 6 heteroatoms. The lowest BCUT2D eigenvalue weighted by molar-refractivity contribution is -0.123. The van der Waals surface area contributed by atoms with E-state index >= 15 is 0 Å². The van der Waals surface area contributed by atoms with E-state index in [0.29, 0.717) is 31.1 Å². The predicted molar refractivity (Wildman–Crippen MR) is 79.7 cm³/mol. The summed E-state index contributed by atoms with van der Waals surface area (Å²) in [4.78, 5) is 22.9. The molecule has 0 heterocycles. The molecule has 114 valence electrons. The summed E-state index contributed by atoms with van der Waals surface area (Å²) in [6.45, 7) is 1.23. The van der Waals surface area contributed by atoms with Crippen LogP contribution in [0.5, 0.6) is 5.75 Å². The largest absolute Gasteiger partial charge is 0.493 e. The van der Waals surface area contributed by atoms with E-state index in [4.69, 9.17) is 10.5 Å². The van der Waals surface area contributed by atoms with E-state index in [1.165, 1.54) is 0 Å². The lowest BCUT2D eigenvalue weighted by Gasteiger charge is -2.08. The van der Waals surface area contributed by atoms with Gasteiger partial charge in [0.15, 0.2) is 0 Å². The minimum atomic E-state index is -0.0916. The molecule has 2 amide bonds. The highest BCUT2D eigenvalue weighted by molar-refractivity contribution is 5.81. The summed E-state index contributed by atoms with van der Waals surface area (Å²) in [6, 6.07) is 7.03. The lowest BCUT2D eigenvalue weighted by atomic mass is 10.3. The van der Waals surface area contributed by atoms with Gasteiger partial charge in [-0.1, -0.05) is 0 Å². The van der Waals surface area contributed by atoms with Gasteiger partial charge in [-0.2, -0.15) is 0 Å². The molecule has 21 heavy (non-hydrogen) atoms. The van der Waals surface area contributed by atoms with Gasteiger partial charge in [0.1, 0.15) is 5.75 Å². The number of carbonyl (C=O) groups excluding carboxylic acids is 2. The minimum absolute atomic E-state index is 0.0916. The molecule has 1 aliphatic carbocycles. The molecule has 6 nitrogen and oxygen atoms in total. The van der Waals surface area contributed by atoms with Gasteiger partial charge in [-0.3, -0.25) is 9.59 Å². The van der Waals surface area contributed by atoms with Crippen molar-refractivity contribution in [1.29, 1.82) is 0 Å². The maximum absolute atomic E-state index is 11.6. The molecule has 0 spiro atoms. The SMILES string of the molecule is Nc1ccc(OCCC(=O)NCCNC(=O)C2CC2)cc1. The third-order valence-corrected chi connectivity index (χ3v) is 3.17. The van der Waals surface area contributed by atoms with Crippen LogP contribution in [-0.4, -0.2) is 31.5 Å². The van der Waals surface area contributed by atoms with Crippen LogP contribution in [-0.2, 0) is 9.59 Å². The zero-order valence-electron chi connectivity index (χ0n) is 11.9. The Morgan fingerprint density at radius 3 is 2.48 bits per heavy atom. The van der Waals surface area contributed by atoms with E-state index in [0.717, 1.165) is 12.8 Å². The molecule has 1 aliphatic rings. The highest BCUT2D eigenvalue weighted by atomic mass is 16.5. The third kappa shape index (κ3) is 5.72. The van der Waals surface area contributed by atoms with Gasteiger partial charge in [0.25, 0.3) is 0 Å². The second kappa shape index (κ2) is 7.52. The van der Waals surface area contributed by atoms with Gasteiger partial charge in [0.2, 0.25) is 11.8 Å². The Morgan fingerprint density at radius 2 is 1.81 bits per heavy atom. The summed E-state index contributed by atoms with van der Waals surface area (Å²) < 4.78 is 5.43.